The number of amides is 1. The zero-order chi connectivity index (χ0) is 22.9. The van der Waals surface area contributed by atoms with E-state index in [1.54, 1.807) is 6.07 Å². The summed E-state index contributed by atoms with van der Waals surface area (Å²) in [5.74, 6) is 0.116. The third kappa shape index (κ3) is 7.73. The first-order valence-electron chi connectivity index (χ1n) is 10.8. The summed E-state index contributed by atoms with van der Waals surface area (Å²) in [5, 5.41) is 12.1. The van der Waals surface area contributed by atoms with Crippen molar-refractivity contribution in [3.8, 4) is 5.75 Å². The van der Waals surface area contributed by atoms with Crippen LogP contribution in [0.25, 0.3) is 0 Å². The highest BCUT2D eigenvalue weighted by Crippen LogP contribution is 2.30. The van der Waals surface area contributed by atoms with Gasteiger partial charge in [-0.25, -0.2) is 8.42 Å². The normalized spacial score (nSPS) is 15.4. The number of ether oxygens (including phenoxy) is 2. The molecule has 1 amide bonds. The molecule has 0 aromatic heterocycles. The molecule has 0 radical (unpaired) electrons. The van der Waals surface area contributed by atoms with Crippen LogP contribution in [0.15, 0.2) is 23.1 Å². The summed E-state index contributed by atoms with van der Waals surface area (Å²) in [6, 6.07) is 4.52. The fourth-order valence-corrected chi connectivity index (χ4v) is 4.68. The number of nitrogens with one attached hydrogen (secondary N) is 1. The molecule has 1 aromatic carbocycles. The second-order valence-electron chi connectivity index (χ2n) is 7.74. The minimum absolute atomic E-state index is 0.0357. The molecule has 2 N–H and O–H groups in total. The van der Waals surface area contributed by atoms with E-state index in [1.165, 1.54) is 16.4 Å². The first-order chi connectivity index (χ1) is 14.8. The van der Waals surface area contributed by atoms with E-state index < -0.39 is 10.0 Å². The van der Waals surface area contributed by atoms with Crippen LogP contribution in [-0.4, -0.2) is 87.3 Å². The Balaban J connectivity index is 2.24. The van der Waals surface area contributed by atoms with Crippen LogP contribution in [0.2, 0.25) is 0 Å². The van der Waals surface area contributed by atoms with Gasteiger partial charge in [-0.2, -0.15) is 4.31 Å². The number of rotatable bonds is 12. The van der Waals surface area contributed by atoms with Gasteiger partial charge >= 0.3 is 0 Å². The molecule has 0 unspecified atom stereocenters. The number of nitrogens with zero attached hydrogens (tertiary/aromatic N) is 2. The molecule has 1 saturated heterocycles. The number of sulfonamides is 1. The molecule has 31 heavy (non-hydrogen) atoms. The molecule has 0 atom stereocenters. The smallest absolute Gasteiger partial charge is 0.243 e. The Bertz CT molecular complexity index is 809. The molecule has 2 rings (SSSR count). The molecule has 1 aliphatic heterocycles. The maximum absolute atomic E-state index is 13.0. The first kappa shape index (κ1) is 25.5. The number of anilines is 1. The van der Waals surface area contributed by atoms with Crippen molar-refractivity contribution in [3.63, 3.8) is 0 Å². The van der Waals surface area contributed by atoms with E-state index in [0.717, 1.165) is 12.8 Å². The molecule has 1 fully saturated rings. The number of carbonyl (C=O) groups excluding carboxylic acids is 1. The van der Waals surface area contributed by atoms with E-state index >= 15 is 0 Å². The number of aliphatic hydroxyl groups excluding tert-OH is 1. The molecule has 0 aliphatic carbocycles. The van der Waals surface area contributed by atoms with E-state index in [2.05, 4.69) is 12.2 Å². The predicted octanol–water partition coefficient (Wildman–Crippen LogP) is 1.53. The number of aliphatic hydroxyl groups is 1. The largest absolute Gasteiger partial charge is 0.489 e. The Labute approximate surface area is 185 Å². The second kappa shape index (κ2) is 12.4. The van der Waals surface area contributed by atoms with Gasteiger partial charge in [-0.1, -0.05) is 13.3 Å². The average molecular weight is 458 g/mol. The van der Waals surface area contributed by atoms with Gasteiger partial charge < -0.3 is 19.9 Å². The second-order valence-corrected chi connectivity index (χ2v) is 9.68. The monoisotopic (exact) mass is 457 g/mol. The van der Waals surface area contributed by atoms with Gasteiger partial charge in [0, 0.05) is 19.6 Å². The number of hydrogen-bond acceptors (Lipinski definition) is 7. The number of hydrogen-bond donors (Lipinski definition) is 2. The van der Waals surface area contributed by atoms with E-state index in [1.807, 2.05) is 18.7 Å². The van der Waals surface area contributed by atoms with Gasteiger partial charge in [-0.15, -0.1) is 0 Å². The maximum atomic E-state index is 13.0. The van der Waals surface area contributed by atoms with Crippen molar-refractivity contribution in [2.75, 3.05) is 57.9 Å². The SMILES string of the molecule is CCCCN(CCO)CC(=O)Nc1cc(S(=O)(=O)N2CCOCC2)ccc1OC(C)C. The molecule has 9 nitrogen and oxygen atoms in total. The van der Waals surface area contributed by atoms with Crippen molar-refractivity contribution in [3.05, 3.63) is 18.2 Å². The summed E-state index contributed by atoms with van der Waals surface area (Å²) < 4.78 is 38.5. The molecule has 0 spiro atoms. The van der Waals surface area contributed by atoms with Crippen LogP contribution in [0.4, 0.5) is 5.69 Å². The third-order valence-electron chi connectivity index (χ3n) is 4.81. The van der Waals surface area contributed by atoms with Crippen molar-refractivity contribution >= 4 is 21.6 Å². The minimum Gasteiger partial charge on any atom is -0.489 e. The van der Waals surface area contributed by atoms with Crippen LogP contribution in [0.5, 0.6) is 5.75 Å². The molecule has 0 bridgehead atoms. The van der Waals surface area contributed by atoms with Crippen molar-refractivity contribution in [2.45, 2.75) is 44.6 Å². The lowest BCUT2D eigenvalue weighted by molar-refractivity contribution is -0.117. The zero-order valence-electron chi connectivity index (χ0n) is 18.7. The molecule has 176 valence electrons. The highest BCUT2D eigenvalue weighted by Gasteiger charge is 2.27. The Hall–Kier alpha value is -1.72. The van der Waals surface area contributed by atoms with Gasteiger partial charge in [0.2, 0.25) is 15.9 Å². The fourth-order valence-electron chi connectivity index (χ4n) is 3.25. The Morgan fingerprint density at radius 2 is 2.00 bits per heavy atom. The number of morpholine rings is 1. The zero-order valence-corrected chi connectivity index (χ0v) is 19.5. The van der Waals surface area contributed by atoms with E-state index in [0.29, 0.717) is 50.8 Å². The standard InChI is InChI=1S/C21H35N3O6S/c1-4-5-8-23(9-12-25)16-21(26)22-19-15-18(6-7-20(19)30-17(2)3)31(27,28)24-10-13-29-14-11-24/h6-7,15,17,25H,4-5,8-14,16H2,1-3H3,(H,22,26). The van der Waals surface area contributed by atoms with Crippen LogP contribution in [0.1, 0.15) is 33.6 Å². The molecule has 1 heterocycles. The number of carbonyl (C=O) groups is 1. The Morgan fingerprint density at radius 1 is 1.29 bits per heavy atom. The summed E-state index contributed by atoms with van der Waals surface area (Å²) in [6.45, 7) is 8.24. The van der Waals surface area contributed by atoms with Crippen LogP contribution in [0.3, 0.4) is 0 Å². The summed E-state index contributed by atoms with van der Waals surface area (Å²) in [6.07, 6.45) is 1.76. The van der Waals surface area contributed by atoms with Crippen molar-refractivity contribution in [1.82, 2.24) is 9.21 Å². The quantitative estimate of drug-likeness (QED) is 0.490. The van der Waals surface area contributed by atoms with Gasteiger partial charge in [-0.3, -0.25) is 9.69 Å². The molecule has 0 saturated carbocycles. The lowest BCUT2D eigenvalue weighted by atomic mass is 10.2. The first-order valence-corrected chi connectivity index (χ1v) is 12.2. The van der Waals surface area contributed by atoms with Crippen LogP contribution in [-0.2, 0) is 19.6 Å². The number of unbranched alkanes of at least 4 members (excludes halogenated alkanes) is 1. The van der Waals surface area contributed by atoms with Crippen LogP contribution >= 0.6 is 0 Å². The molecule has 10 heteroatoms. The van der Waals surface area contributed by atoms with Crippen LogP contribution in [0, 0.1) is 0 Å². The highest BCUT2D eigenvalue weighted by molar-refractivity contribution is 7.89. The third-order valence-corrected chi connectivity index (χ3v) is 6.70. The van der Waals surface area contributed by atoms with Crippen molar-refractivity contribution < 1.29 is 27.8 Å². The van der Waals surface area contributed by atoms with Gasteiger partial charge in [0.1, 0.15) is 5.75 Å². The topological polar surface area (TPSA) is 108 Å². The minimum atomic E-state index is -3.71. The van der Waals surface area contributed by atoms with Crippen molar-refractivity contribution in [2.24, 2.45) is 0 Å². The molecule has 1 aliphatic rings. The summed E-state index contributed by atoms with van der Waals surface area (Å²) in [5.41, 5.74) is 0.312. The maximum Gasteiger partial charge on any atom is 0.243 e. The lowest BCUT2D eigenvalue weighted by Gasteiger charge is -2.26. The van der Waals surface area contributed by atoms with E-state index in [9.17, 15) is 18.3 Å². The summed E-state index contributed by atoms with van der Waals surface area (Å²) in [7, 11) is -3.71. The van der Waals surface area contributed by atoms with Gasteiger partial charge in [0.15, 0.2) is 0 Å². The number of benzene rings is 1. The van der Waals surface area contributed by atoms with Gasteiger partial charge in [0.05, 0.1) is 43.1 Å². The predicted molar refractivity (Wildman–Crippen MR) is 119 cm³/mol. The molecular weight excluding hydrogens is 422 g/mol. The Kier molecular flexibility index (Phi) is 10.2. The van der Waals surface area contributed by atoms with Gasteiger partial charge in [-0.05, 0) is 45.0 Å². The molecule has 1 aromatic rings. The highest BCUT2D eigenvalue weighted by atomic mass is 32.2. The molecular formula is C21H35N3O6S. The average Bonchev–Trinajstić information content (AvgIpc) is 2.73. The summed E-state index contributed by atoms with van der Waals surface area (Å²) in [4.78, 5) is 14.7. The fraction of sp³-hybridized carbons (Fsp3) is 0.667. The van der Waals surface area contributed by atoms with E-state index in [-0.39, 0.29) is 30.1 Å². The van der Waals surface area contributed by atoms with Crippen LogP contribution < -0.4 is 10.1 Å². The van der Waals surface area contributed by atoms with Crippen molar-refractivity contribution in [1.29, 1.82) is 0 Å². The Morgan fingerprint density at radius 3 is 2.61 bits per heavy atom. The lowest BCUT2D eigenvalue weighted by Crippen LogP contribution is -2.40. The van der Waals surface area contributed by atoms with E-state index in [4.69, 9.17) is 9.47 Å². The summed E-state index contributed by atoms with van der Waals surface area (Å²) >= 11 is 0. The van der Waals surface area contributed by atoms with Gasteiger partial charge in [0.25, 0.3) is 0 Å².